The Hall–Kier alpha value is -1.16. The fourth-order valence-corrected chi connectivity index (χ4v) is 1.41. The number of aromatic nitrogens is 1. The zero-order valence-corrected chi connectivity index (χ0v) is 9.87. The Labute approximate surface area is 95.8 Å². The molecule has 0 unspecified atom stereocenters. The van der Waals surface area contributed by atoms with Crippen LogP contribution in [-0.4, -0.2) is 11.6 Å². The van der Waals surface area contributed by atoms with Gasteiger partial charge in [-0.2, -0.15) is 0 Å². The first-order chi connectivity index (χ1) is 7.63. The summed E-state index contributed by atoms with van der Waals surface area (Å²) < 4.78 is 18.3. The van der Waals surface area contributed by atoms with Gasteiger partial charge in [0.25, 0.3) is 0 Å². The molecule has 0 saturated heterocycles. The van der Waals surface area contributed by atoms with Gasteiger partial charge in [0.15, 0.2) is 0 Å². The van der Waals surface area contributed by atoms with Crippen molar-refractivity contribution in [2.24, 2.45) is 11.7 Å². The molecule has 0 atom stereocenters. The fraction of sp³-hybridized carbons (Fsp3) is 0.583. The molecule has 0 spiro atoms. The third-order valence-corrected chi connectivity index (χ3v) is 2.28. The minimum atomic E-state index is -0.380. The van der Waals surface area contributed by atoms with E-state index in [0.29, 0.717) is 24.0 Å². The summed E-state index contributed by atoms with van der Waals surface area (Å²) in [6, 6.07) is 1.37. The van der Waals surface area contributed by atoms with Gasteiger partial charge in [0.05, 0.1) is 12.8 Å². The van der Waals surface area contributed by atoms with Gasteiger partial charge in [-0.3, -0.25) is 0 Å². The maximum atomic E-state index is 12.9. The van der Waals surface area contributed by atoms with Gasteiger partial charge < -0.3 is 10.5 Å². The second-order valence-corrected chi connectivity index (χ2v) is 4.21. The van der Waals surface area contributed by atoms with Crippen LogP contribution in [0, 0.1) is 11.7 Å². The first kappa shape index (κ1) is 12.9. The Balaban J connectivity index is 2.47. The summed E-state index contributed by atoms with van der Waals surface area (Å²) in [5, 5.41) is 0. The molecular formula is C12H19FN2O. The quantitative estimate of drug-likeness (QED) is 0.758. The summed E-state index contributed by atoms with van der Waals surface area (Å²) in [6.45, 7) is 5.18. The number of hydrogen-bond acceptors (Lipinski definition) is 3. The van der Waals surface area contributed by atoms with Gasteiger partial charge in [-0.15, -0.1) is 0 Å². The fourth-order valence-electron chi connectivity index (χ4n) is 1.41. The molecule has 1 heterocycles. The molecule has 1 aromatic heterocycles. The van der Waals surface area contributed by atoms with Gasteiger partial charge in [0.1, 0.15) is 5.82 Å². The molecule has 0 aromatic carbocycles. The monoisotopic (exact) mass is 226 g/mol. The molecule has 1 rings (SSSR count). The van der Waals surface area contributed by atoms with Gasteiger partial charge in [0.2, 0.25) is 5.88 Å². The van der Waals surface area contributed by atoms with Crippen molar-refractivity contribution in [3.63, 3.8) is 0 Å². The van der Waals surface area contributed by atoms with Gasteiger partial charge in [-0.05, 0) is 24.8 Å². The molecule has 0 bridgehead atoms. The Kier molecular flexibility index (Phi) is 5.19. The van der Waals surface area contributed by atoms with E-state index in [-0.39, 0.29) is 12.4 Å². The van der Waals surface area contributed by atoms with Crippen LogP contribution in [0.4, 0.5) is 4.39 Å². The number of nitrogens with two attached hydrogens (primary N) is 1. The highest BCUT2D eigenvalue weighted by Crippen LogP contribution is 2.16. The van der Waals surface area contributed by atoms with Crippen molar-refractivity contribution in [1.29, 1.82) is 0 Å². The van der Waals surface area contributed by atoms with Gasteiger partial charge in [0, 0.05) is 12.1 Å². The van der Waals surface area contributed by atoms with Crippen LogP contribution in [0.5, 0.6) is 5.88 Å². The van der Waals surface area contributed by atoms with Crippen LogP contribution in [0.15, 0.2) is 12.3 Å². The molecule has 0 saturated carbocycles. The first-order valence-corrected chi connectivity index (χ1v) is 5.60. The zero-order valence-electron chi connectivity index (χ0n) is 9.87. The number of ether oxygens (including phenoxy) is 1. The lowest BCUT2D eigenvalue weighted by molar-refractivity contribution is 0.283. The van der Waals surface area contributed by atoms with Crippen LogP contribution in [0.1, 0.15) is 32.3 Å². The van der Waals surface area contributed by atoms with E-state index in [9.17, 15) is 4.39 Å². The Morgan fingerprint density at radius 3 is 2.88 bits per heavy atom. The van der Waals surface area contributed by atoms with Crippen molar-refractivity contribution < 1.29 is 9.13 Å². The van der Waals surface area contributed by atoms with E-state index < -0.39 is 0 Å². The molecule has 2 N–H and O–H groups in total. The molecule has 1 aromatic rings. The van der Waals surface area contributed by atoms with Crippen LogP contribution in [0.3, 0.4) is 0 Å². The van der Waals surface area contributed by atoms with Crippen LogP contribution in [0.2, 0.25) is 0 Å². The van der Waals surface area contributed by atoms with E-state index >= 15 is 0 Å². The number of hydrogen-bond donors (Lipinski definition) is 1. The SMILES string of the molecule is CC(C)CCCOc1ncc(F)cc1CN. The van der Waals surface area contributed by atoms with Crippen LogP contribution >= 0.6 is 0 Å². The van der Waals surface area contributed by atoms with Crippen LogP contribution in [-0.2, 0) is 6.54 Å². The molecule has 0 aliphatic rings. The van der Waals surface area contributed by atoms with Crippen molar-refractivity contribution in [3.05, 3.63) is 23.6 Å². The molecule has 16 heavy (non-hydrogen) atoms. The second kappa shape index (κ2) is 6.43. The largest absolute Gasteiger partial charge is 0.477 e. The molecule has 0 amide bonds. The summed E-state index contributed by atoms with van der Waals surface area (Å²) in [7, 11) is 0. The Morgan fingerprint density at radius 1 is 1.50 bits per heavy atom. The van der Waals surface area contributed by atoms with Crippen molar-refractivity contribution in [1.82, 2.24) is 4.98 Å². The second-order valence-electron chi connectivity index (χ2n) is 4.21. The smallest absolute Gasteiger partial charge is 0.218 e. The standard InChI is InChI=1S/C12H19FN2O/c1-9(2)4-3-5-16-12-10(7-14)6-11(13)8-15-12/h6,8-9H,3-5,7,14H2,1-2H3. The highest BCUT2D eigenvalue weighted by atomic mass is 19.1. The van der Waals surface area contributed by atoms with Crippen molar-refractivity contribution in [2.75, 3.05) is 6.61 Å². The van der Waals surface area contributed by atoms with Gasteiger partial charge in [-0.1, -0.05) is 13.8 Å². The molecule has 3 nitrogen and oxygen atoms in total. The summed E-state index contributed by atoms with van der Waals surface area (Å²) >= 11 is 0. The van der Waals surface area contributed by atoms with E-state index in [0.717, 1.165) is 19.0 Å². The Bertz CT molecular complexity index is 329. The van der Waals surface area contributed by atoms with Gasteiger partial charge >= 0.3 is 0 Å². The lowest BCUT2D eigenvalue weighted by atomic mass is 10.1. The molecule has 0 fully saturated rings. The highest BCUT2D eigenvalue weighted by Gasteiger charge is 2.05. The molecule has 0 radical (unpaired) electrons. The number of nitrogens with zero attached hydrogens (tertiary/aromatic N) is 1. The molecule has 0 aliphatic heterocycles. The number of rotatable bonds is 6. The van der Waals surface area contributed by atoms with E-state index in [1.807, 2.05) is 0 Å². The average Bonchev–Trinajstić information content (AvgIpc) is 2.25. The normalized spacial score (nSPS) is 10.8. The van der Waals surface area contributed by atoms with E-state index in [4.69, 9.17) is 10.5 Å². The predicted octanol–water partition coefficient (Wildman–Crippen LogP) is 2.49. The Morgan fingerprint density at radius 2 is 2.25 bits per heavy atom. The van der Waals surface area contributed by atoms with Crippen LogP contribution in [0.25, 0.3) is 0 Å². The van der Waals surface area contributed by atoms with Crippen molar-refractivity contribution >= 4 is 0 Å². The summed E-state index contributed by atoms with van der Waals surface area (Å²) in [5.41, 5.74) is 6.10. The maximum Gasteiger partial charge on any atom is 0.218 e. The lowest BCUT2D eigenvalue weighted by Crippen LogP contribution is -2.06. The lowest BCUT2D eigenvalue weighted by Gasteiger charge is -2.09. The predicted molar refractivity (Wildman–Crippen MR) is 61.7 cm³/mol. The van der Waals surface area contributed by atoms with Crippen molar-refractivity contribution in [2.45, 2.75) is 33.2 Å². The molecule has 4 heteroatoms. The van der Waals surface area contributed by atoms with Crippen LogP contribution < -0.4 is 10.5 Å². The maximum absolute atomic E-state index is 12.9. The minimum Gasteiger partial charge on any atom is -0.477 e. The summed E-state index contributed by atoms with van der Waals surface area (Å²) in [5.74, 6) is 0.737. The van der Waals surface area contributed by atoms with E-state index in [2.05, 4.69) is 18.8 Å². The third kappa shape index (κ3) is 4.14. The minimum absolute atomic E-state index is 0.240. The molecule has 0 aliphatic carbocycles. The summed E-state index contributed by atoms with van der Waals surface area (Å²) in [4.78, 5) is 3.89. The summed E-state index contributed by atoms with van der Waals surface area (Å²) in [6.07, 6.45) is 3.23. The average molecular weight is 226 g/mol. The highest BCUT2D eigenvalue weighted by molar-refractivity contribution is 5.25. The van der Waals surface area contributed by atoms with Crippen molar-refractivity contribution in [3.8, 4) is 5.88 Å². The number of halogens is 1. The molecular weight excluding hydrogens is 207 g/mol. The van der Waals surface area contributed by atoms with Gasteiger partial charge in [-0.25, -0.2) is 9.37 Å². The van der Waals surface area contributed by atoms with E-state index in [1.165, 1.54) is 6.07 Å². The zero-order chi connectivity index (χ0) is 12.0. The topological polar surface area (TPSA) is 48.1 Å². The third-order valence-electron chi connectivity index (χ3n) is 2.28. The first-order valence-electron chi connectivity index (χ1n) is 5.60. The molecule has 90 valence electrons. The van der Waals surface area contributed by atoms with E-state index in [1.54, 1.807) is 0 Å². The number of pyridine rings is 1.